The minimum Gasteiger partial charge on any atom is -0.317 e. The Morgan fingerprint density at radius 2 is 2.27 bits per heavy atom. The van der Waals surface area contributed by atoms with Crippen molar-refractivity contribution in [2.75, 3.05) is 19.6 Å². The molecule has 4 nitrogen and oxygen atoms in total. The van der Waals surface area contributed by atoms with Gasteiger partial charge in [-0.1, -0.05) is 0 Å². The quantitative estimate of drug-likeness (QED) is 0.756. The van der Waals surface area contributed by atoms with E-state index in [1.54, 1.807) is 6.20 Å². The van der Waals surface area contributed by atoms with E-state index in [2.05, 4.69) is 20.8 Å². The van der Waals surface area contributed by atoms with Gasteiger partial charge in [0.05, 0.1) is 5.69 Å². The fourth-order valence-electron chi connectivity index (χ4n) is 1.92. The average Bonchev–Trinajstić information content (AvgIpc) is 2.32. The molecule has 0 aromatic carbocycles. The highest BCUT2D eigenvalue weighted by atomic mass is 15.1. The predicted octanol–water partition coefficient (Wildman–Crippen LogP) is 0.566. The van der Waals surface area contributed by atoms with Crippen LogP contribution in [-0.2, 0) is 6.54 Å². The standard InChI is InChI=1S/C11H18N4/c1-2-11(15-14-5-1)9-13-8-10-3-6-12-7-4-10/h1-2,5,10,12-13H,3-4,6-9H2. The zero-order valence-corrected chi connectivity index (χ0v) is 8.95. The molecule has 0 atom stereocenters. The molecule has 0 saturated carbocycles. The molecule has 2 heterocycles. The third kappa shape index (κ3) is 3.57. The number of aromatic nitrogens is 2. The third-order valence-electron chi connectivity index (χ3n) is 2.83. The maximum Gasteiger partial charge on any atom is 0.0768 e. The summed E-state index contributed by atoms with van der Waals surface area (Å²) < 4.78 is 0. The second-order valence-electron chi connectivity index (χ2n) is 4.04. The molecule has 1 fully saturated rings. The Morgan fingerprint density at radius 1 is 1.40 bits per heavy atom. The average molecular weight is 206 g/mol. The molecule has 1 aliphatic heterocycles. The summed E-state index contributed by atoms with van der Waals surface area (Å²) in [6.45, 7) is 4.25. The lowest BCUT2D eigenvalue weighted by molar-refractivity contribution is 0.355. The maximum atomic E-state index is 4.04. The number of nitrogens with zero attached hydrogens (tertiary/aromatic N) is 2. The molecular weight excluding hydrogens is 188 g/mol. The molecule has 0 unspecified atom stereocenters. The first-order chi connectivity index (χ1) is 7.45. The van der Waals surface area contributed by atoms with E-state index >= 15 is 0 Å². The zero-order chi connectivity index (χ0) is 10.3. The summed E-state index contributed by atoms with van der Waals surface area (Å²) in [5.41, 5.74) is 1.02. The van der Waals surface area contributed by atoms with Crippen LogP contribution in [0.2, 0.25) is 0 Å². The highest BCUT2D eigenvalue weighted by Gasteiger charge is 2.11. The molecule has 82 valence electrons. The first-order valence-corrected chi connectivity index (χ1v) is 5.63. The lowest BCUT2D eigenvalue weighted by Crippen LogP contribution is -2.33. The second-order valence-corrected chi connectivity index (χ2v) is 4.04. The van der Waals surface area contributed by atoms with Crippen LogP contribution in [0.4, 0.5) is 0 Å². The smallest absolute Gasteiger partial charge is 0.0768 e. The Hall–Kier alpha value is -1.00. The van der Waals surface area contributed by atoms with Gasteiger partial charge in [-0.3, -0.25) is 0 Å². The molecule has 1 saturated heterocycles. The molecule has 0 spiro atoms. The number of nitrogens with one attached hydrogen (secondary N) is 2. The van der Waals surface area contributed by atoms with Gasteiger partial charge in [0.25, 0.3) is 0 Å². The van der Waals surface area contributed by atoms with Gasteiger partial charge in [-0.25, -0.2) is 0 Å². The topological polar surface area (TPSA) is 49.8 Å². The highest BCUT2D eigenvalue weighted by Crippen LogP contribution is 2.09. The van der Waals surface area contributed by atoms with Crippen LogP contribution in [-0.4, -0.2) is 29.8 Å². The molecule has 0 aliphatic carbocycles. The molecule has 1 aromatic heterocycles. The molecule has 2 rings (SSSR count). The number of rotatable bonds is 4. The molecular formula is C11H18N4. The van der Waals surface area contributed by atoms with Gasteiger partial charge in [0.2, 0.25) is 0 Å². The van der Waals surface area contributed by atoms with Crippen LogP contribution in [0.5, 0.6) is 0 Å². The van der Waals surface area contributed by atoms with E-state index in [4.69, 9.17) is 0 Å². The van der Waals surface area contributed by atoms with Crippen LogP contribution in [0.1, 0.15) is 18.5 Å². The van der Waals surface area contributed by atoms with Crippen molar-refractivity contribution in [2.45, 2.75) is 19.4 Å². The van der Waals surface area contributed by atoms with Gasteiger partial charge in [-0.2, -0.15) is 10.2 Å². The fourth-order valence-corrected chi connectivity index (χ4v) is 1.92. The van der Waals surface area contributed by atoms with Gasteiger partial charge >= 0.3 is 0 Å². The van der Waals surface area contributed by atoms with Crippen molar-refractivity contribution >= 4 is 0 Å². The highest BCUT2D eigenvalue weighted by molar-refractivity contribution is 4.98. The van der Waals surface area contributed by atoms with E-state index in [1.165, 1.54) is 12.8 Å². The van der Waals surface area contributed by atoms with Crippen molar-refractivity contribution in [3.63, 3.8) is 0 Å². The molecule has 1 aromatic rings. The Morgan fingerprint density at radius 3 is 3.00 bits per heavy atom. The number of hydrogen-bond donors (Lipinski definition) is 2. The van der Waals surface area contributed by atoms with E-state index in [0.29, 0.717) is 0 Å². The lowest BCUT2D eigenvalue weighted by atomic mass is 9.98. The minimum atomic E-state index is 0.822. The van der Waals surface area contributed by atoms with Crippen molar-refractivity contribution in [1.29, 1.82) is 0 Å². The van der Waals surface area contributed by atoms with E-state index in [1.807, 2.05) is 12.1 Å². The van der Waals surface area contributed by atoms with Crippen LogP contribution in [0.3, 0.4) is 0 Å². The molecule has 4 heteroatoms. The summed E-state index contributed by atoms with van der Waals surface area (Å²) in [7, 11) is 0. The predicted molar refractivity (Wildman–Crippen MR) is 59.3 cm³/mol. The maximum absolute atomic E-state index is 4.04. The number of piperidine rings is 1. The van der Waals surface area contributed by atoms with Crippen molar-refractivity contribution in [3.05, 3.63) is 24.0 Å². The molecule has 0 bridgehead atoms. The van der Waals surface area contributed by atoms with Gasteiger partial charge in [0.1, 0.15) is 0 Å². The monoisotopic (exact) mass is 206 g/mol. The minimum absolute atomic E-state index is 0.822. The molecule has 0 radical (unpaired) electrons. The largest absolute Gasteiger partial charge is 0.317 e. The Bertz CT molecular complexity index is 269. The van der Waals surface area contributed by atoms with Gasteiger partial charge in [0.15, 0.2) is 0 Å². The van der Waals surface area contributed by atoms with E-state index in [0.717, 1.165) is 37.8 Å². The zero-order valence-electron chi connectivity index (χ0n) is 8.95. The van der Waals surface area contributed by atoms with E-state index in [9.17, 15) is 0 Å². The summed E-state index contributed by atoms with van der Waals surface area (Å²) >= 11 is 0. The van der Waals surface area contributed by atoms with Crippen molar-refractivity contribution < 1.29 is 0 Å². The van der Waals surface area contributed by atoms with Gasteiger partial charge in [0, 0.05) is 12.7 Å². The molecule has 15 heavy (non-hydrogen) atoms. The molecule has 1 aliphatic rings. The fraction of sp³-hybridized carbons (Fsp3) is 0.636. The first-order valence-electron chi connectivity index (χ1n) is 5.63. The SMILES string of the molecule is c1cnnc(CNCC2CCNCC2)c1. The van der Waals surface area contributed by atoms with Gasteiger partial charge in [-0.15, -0.1) is 0 Å². The Labute approximate surface area is 90.5 Å². The van der Waals surface area contributed by atoms with Crippen LogP contribution in [0, 0.1) is 5.92 Å². The van der Waals surface area contributed by atoms with Crippen molar-refractivity contribution in [2.24, 2.45) is 5.92 Å². The Balaban J connectivity index is 1.66. The van der Waals surface area contributed by atoms with Crippen LogP contribution in [0.15, 0.2) is 18.3 Å². The summed E-state index contributed by atoms with van der Waals surface area (Å²) in [4.78, 5) is 0. The summed E-state index contributed by atoms with van der Waals surface area (Å²) in [5.74, 6) is 0.822. The second kappa shape index (κ2) is 5.78. The van der Waals surface area contributed by atoms with Crippen LogP contribution >= 0.6 is 0 Å². The first kappa shape index (κ1) is 10.5. The molecule has 2 N–H and O–H groups in total. The van der Waals surface area contributed by atoms with Gasteiger partial charge in [-0.05, 0) is 50.5 Å². The summed E-state index contributed by atoms with van der Waals surface area (Å²) in [6, 6.07) is 3.93. The van der Waals surface area contributed by atoms with Crippen molar-refractivity contribution in [1.82, 2.24) is 20.8 Å². The van der Waals surface area contributed by atoms with Gasteiger partial charge < -0.3 is 10.6 Å². The van der Waals surface area contributed by atoms with E-state index < -0.39 is 0 Å². The van der Waals surface area contributed by atoms with E-state index in [-0.39, 0.29) is 0 Å². The summed E-state index contributed by atoms with van der Waals surface area (Å²) in [6.07, 6.45) is 4.28. The third-order valence-corrected chi connectivity index (χ3v) is 2.83. The normalized spacial score (nSPS) is 17.9. The number of hydrogen-bond acceptors (Lipinski definition) is 4. The van der Waals surface area contributed by atoms with Crippen LogP contribution < -0.4 is 10.6 Å². The lowest BCUT2D eigenvalue weighted by Gasteiger charge is -2.22. The van der Waals surface area contributed by atoms with Crippen molar-refractivity contribution in [3.8, 4) is 0 Å². The molecule has 0 amide bonds. The summed E-state index contributed by atoms with van der Waals surface area (Å²) in [5, 5.41) is 14.7. The van der Waals surface area contributed by atoms with Crippen LogP contribution in [0.25, 0.3) is 0 Å². The Kier molecular flexibility index (Phi) is 4.05.